The summed E-state index contributed by atoms with van der Waals surface area (Å²) in [5, 5.41) is 0. The van der Waals surface area contributed by atoms with Crippen LogP contribution in [0.4, 0.5) is 5.69 Å². The second-order valence-corrected chi connectivity index (χ2v) is 6.72. The fourth-order valence-electron chi connectivity index (χ4n) is 4.35. The van der Waals surface area contributed by atoms with E-state index in [1.165, 1.54) is 4.90 Å². The molecule has 0 radical (unpaired) electrons. The van der Waals surface area contributed by atoms with E-state index in [0.29, 0.717) is 18.9 Å². The number of hydrogen-bond acceptors (Lipinski definition) is 5. The second-order valence-electron chi connectivity index (χ2n) is 6.72. The molecule has 3 saturated heterocycles. The van der Waals surface area contributed by atoms with Gasteiger partial charge < -0.3 is 14.2 Å². The highest BCUT2D eigenvalue weighted by Gasteiger charge is 2.71. The number of aryl methyl sites for hydroxylation is 1. The topological polar surface area (TPSA) is 65.1 Å². The molecule has 4 aliphatic heterocycles. The number of benzene rings is 1. The summed E-state index contributed by atoms with van der Waals surface area (Å²) in [6.45, 7) is 2.87. The number of amides is 2. The van der Waals surface area contributed by atoms with Crippen molar-refractivity contribution < 1.29 is 23.8 Å². The molecule has 24 heavy (non-hydrogen) atoms. The van der Waals surface area contributed by atoms with E-state index in [9.17, 15) is 9.59 Å². The predicted octanol–water partition coefficient (Wildman–Crippen LogP) is 1.18. The normalized spacial score (nSPS) is 37.7. The van der Waals surface area contributed by atoms with Gasteiger partial charge in [-0.05, 0) is 30.7 Å². The van der Waals surface area contributed by atoms with E-state index in [-0.39, 0.29) is 11.8 Å². The number of ether oxygens (including phenoxy) is 3. The van der Waals surface area contributed by atoms with Crippen molar-refractivity contribution in [1.29, 1.82) is 0 Å². The third-order valence-electron chi connectivity index (χ3n) is 5.33. The van der Waals surface area contributed by atoms with E-state index < -0.39 is 29.8 Å². The lowest BCUT2D eigenvalue weighted by atomic mass is 9.76. The largest absolute Gasteiger partial charge is 0.357 e. The van der Waals surface area contributed by atoms with Crippen LogP contribution in [0.3, 0.4) is 0 Å². The molecule has 0 saturated carbocycles. The molecule has 1 aromatic rings. The van der Waals surface area contributed by atoms with Gasteiger partial charge in [-0.1, -0.05) is 18.2 Å². The van der Waals surface area contributed by atoms with E-state index >= 15 is 0 Å². The zero-order chi connectivity index (χ0) is 16.5. The molecule has 4 aliphatic rings. The molecule has 124 valence electrons. The van der Waals surface area contributed by atoms with Crippen LogP contribution in [0.2, 0.25) is 0 Å². The number of carbonyl (C=O) groups excluding carboxylic acids is 2. The number of fused-ring (bicyclic) bond motifs is 5. The maximum Gasteiger partial charge on any atom is 0.241 e. The Morgan fingerprint density at radius 2 is 1.96 bits per heavy atom. The third kappa shape index (κ3) is 1.65. The first-order valence-electron chi connectivity index (χ1n) is 8.17. The number of imide groups is 1. The van der Waals surface area contributed by atoms with Crippen LogP contribution >= 0.6 is 0 Å². The Labute approximate surface area is 139 Å². The average molecular weight is 327 g/mol. The van der Waals surface area contributed by atoms with Crippen molar-refractivity contribution in [3.63, 3.8) is 0 Å². The molecule has 0 aromatic heterocycles. The zero-order valence-corrected chi connectivity index (χ0v) is 13.2. The van der Waals surface area contributed by atoms with Gasteiger partial charge in [-0.15, -0.1) is 0 Å². The number of rotatable bonds is 2. The quantitative estimate of drug-likeness (QED) is 0.603. The van der Waals surface area contributed by atoms with Gasteiger partial charge in [0.15, 0.2) is 11.9 Å². The maximum atomic E-state index is 13.1. The minimum atomic E-state index is -0.989. The lowest BCUT2D eigenvalue weighted by Gasteiger charge is -2.32. The standard InChI is InChI=1S/C18H17NO5/c1-10-3-2-4-11(9-10)19-15(20)13-12-5-6-18(24-12,14(13)16(19)21)17-22-7-8-23-17/h2-6,9,12-14,17H,7-8H2,1H3/t12-,13-,14+,18-/m1/s1. The highest BCUT2D eigenvalue weighted by Crippen LogP contribution is 2.55. The summed E-state index contributed by atoms with van der Waals surface area (Å²) in [7, 11) is 0. The number of carbonyl (C=O) groups is 2. The minimum absolute atomic E-state index is 0.204. The Hall–Kier alpha value is -2.02. The summed E-state index contributed by atoms with van der Waals surface area (Å²) < 4.78 is 17.3. The van der Waals surface area contributed by atoms with E-state index in [0.717, 1.165) is 5.56 Å². The third-order valence-corrected chi connectivity index (χ3v) is 5.33. The molecule has 0 aliphatic carbocycles. The van der Waals surface area contributed by atoms with Crippen LogP contribution in [0.5, 0.6) is 0 Å². The van der Waals surface area contributed by atoms with Crippen molar-refractivity contribution >= 4 is 17.5 Å². The molecule has 0 N–H and O–H groups in total. The van der Waals surface area contributed by atoms with Gasteiger partial charge in [-0.2, -0.15) is 0 Å². The van der Waals surface area contributed by atoms with Crippen LogP contribution in [0, 0.1) is 18.8 Å². The summed E-state index contributed by atoms with van der Waals surface area (Å²) >= 11 is 0. The van der Waals surface area contributed by atoms with E-state index in [4.69, 9.17) is 14.2 Å². The molecule has 6 nitrogen and oxygen atoms in total. The average Bonchev–Trinajstić information content (AvgIpc) is 3.31. The summed E-state index contributed by atoms with van der Waals surface area (Å²) in [6, 6.07) is 7.42. The van der Waals surface area contributed by atoms with E-state index in [1.807, 2.05) is 37.3 Å². The predicted molar refractivity (Wildman–Crippen MR) is 83.1 cm³/mol. The first kappa shape index (κ1) is 14.3. The van der Waals surface area contributed by atoms with Crippen LogP contribution in [-0.4, -0.2) is 43.0 Å². The lowest BCUT2D eigenvalue weighted by Crippen LogP contribution is -2.49. The Kier molecular flexibility index (Phi) is 2.84. The van der Waals surface area contributed by atoms with Crippen LogP contribution in [0.15, 0.2) is 36.4 Å². The van der Waals surface area contributed by atoms with Gasteiger partial charge in [-0.25, -0.2) is 4.90 Å². The van der Waals surface area contributed by atoms with Crippen molar-refractivity contribution in [2.75, 3.05) is 18.1 Å². The molecule has 1 aromatic carbocycles. The Morgan fingerprint density at radius 3 is 2.71 bits per heavy atom. The molecule has 5 rings (SSSR count). The molecular formula is C18H17NO5. The van der Waals surface area contributed by atoms with Crippen molar-refractivity contribution in [2.24, 2.45) is 11.8 Å². The molecule has 4 atom stereocenters. The van der Waals surface area contributed by atoms with Crippen molar-refractivity contribution in [2.45, 2.75) is 24.9 Å². The van der Waals surface area contributed by atoms with Gasteiger partial charge in [-0.3, -0.25) is 9.59 Å². The minimum Gasteiger partial charge on any atom is -0.357 e. The molecule has 6 heteroatoms. The summed E-state index contributed by atoms with van der Waals surface area (Å²) in [4.78, 5) is 27.4. The zero-order valence-electron chi connectivity index (χ0n) is 13.2. The van der Waals surface area contributed by atoms with Gasteiger partial charge >= 0.3 is 0 Å². The SMILES string of the molecule is Cc1cccc(N2C(=O)[C@H]3[C@@H](C2=O)[C@@]2(C4OCCO4)C=C[C@H]3O2)c1. The van der Waals surface area contributed by atoms with Gasteiger partial charge in [0.25, 0.3) is 0 Å². The summed E-state index contributed by atoms with van der Waals surface area (Å²) in [5.74, 6) is -1.54. The summed E-state index contributed by atoms with van der Waals surface area (Å²) in [5.41, 5.74) is 0.624. The highest BCUT2D eigenvalue weighted by atomic mass is 16.7. The number of nitrogens with zero attached hydrogens (tertiary/aromatic N) is 1. The van der Waals surface area contributed by atoms with E-state index in [1.54, 1.807) is 6.07 Å². The maximum absolute atomic E-state index is 13.1. The first-order valence-corrected chi connectivity index (χ1v) is 8.17. The number of hydrogen-bond donors (Lipinski definition) is 0. The smallest absolute Gasteiger partial charge is 0.241 e. The molecule has 0 unspecified atom stereocenters. The van der Waals surface area contributed by atoms with Crippen LogP contribution in [-0.2, 0) is 23.8 Å². The Balaban J connectivity index is 1.57. The van der Waals surface area contributed by atoms with Gasteiger partial charge in [0.1, 0.15) is 0 Å². The summed E-state index contributed by atoms with van der Waals surface area (Å²) in [6.07, 6.45) is 2.67. The highest BCUT2D eigenvalue weighted by molar-refractivity contribution is 6.23. The van der Waals surface area contributed by atoms with Crippen LogP contribution in [0.1, 0.15) is 5.56 Å². The molecular weight excluding hydrogens is 310 g/mol. The molecule has 3 fully saturated rings. The first-order chi connectivity index (χ1) is 11.6. The molecule has 2 bridgehead atoms. The Morgan fingerprint density at radius 1 is 1.17 bits per heavy atom. The molecule has 4 heterocycles. The van der Waals surface area contributed by atoms with Gasteiger partial charge in [0.05, 0.1) is 36.8 Å². The van der Waals surface area contributed by atoms with Crippen molar-refractivity contribution in [3.8, 4) is 0 Å². The van der Waals surface area contributed by atoms with Crippen molar-refractivity contribution in [3.05, 3.63) is 42.0 Å². The van der Waals surface area contributed by atoms with Crippen molar-refractivity contribution in [1.82, 2.24) is 0 Å². The molecule has 0 spiro atoms. The second kappa shape index (κ2) is 4.75. The van der Waals surface area contributed by atoms with Gasteiger partial charge in [0.2, 0.25) is 11.8 Å². The number of anilines is 1. The monoisotopic (exact) mass is 327 g/mol. The lowest BCUT2D eigenvalue weighted by molar-refractivity contribution is -0.180. The van der Waals surface area contributed by atoms with Crippen LogP contribution < -0.4 is 4.90 Å². The Bertz CT molecular complexity index is 768. The van der Waals surface area contributed by atoms with Gasteiger partial charge in [0, 0.05) is 0 Å². The molecule has 2 amide bonds. The fourth-order valence-corrected chi connectivity index (χ4v) is 4.35. The van der Waals surface area contributed by atoms with Crippen LogP contribution in [0.25, 0.3) is 0 Å². The van der Waals surface area contributed by atoms with E-state index in [2.05, 4.69) is 0 Å². The fraction of sp³-hybridized carbons (Fsp3) is 0.444.